The SMILES string of the molecule is CCn1cc(-c2c(-c3ccccc3)ncn2CCNc2cccnc2)c(C)n1. The van der Waals surface area contributed by atoms with E-state index >= 15 is 0 Å². The van der Waals surface area contributed by atoms with E-state index in [1.54, 1.807) is 6.20 Å². The molecule has 0 unspecified atom stereocenters. The summed E-state index contributed by atoms with van der Waals surface area (Å²) in [6, 6.07) is 14.3. The van der Waals surface area contributed by atoms with Crippen molar-refractivity contribution in [2.24, 2.45) is 0 Å². The van der Waals surface area contributed by atoms with Crippen molar-refractivity contribution in [2.75, 3.05) is 11.9 Å². The first kappa shape index (κ1) is 18.0. The summed E-state index contributed by atoms with van der Waals surface area (Å²) in [4.78, 5) is 8.90. The number of aromatic nitrogens is 5. The van der Waals surface area contributed by atoms with Gasteiger partial charge in [-0.25, -0.2) is 4.98 Å². The third kappa shape index (κ3) is 3.67. The van der Waals surface area contributed by atoms with Crippen molar-refractivity contribution in [3.05, 3.63) is 73.1 Å². The van der Waals surface area contributed by atoms with E-state index in [-0.39, 0.29) is 0 Å². The Kier molecular flexibility index (Phi) is 5.19. The Morgan fingerprint density at radius 1 is 1.07 bits per heavy atom. The van der Waals surface area contributed by atoms with Gasteiger partial charge in [-0.15, -0.1) is 0 Å². The van der Waals surface area contributed by atoms with Gasteiger partial charge in [-0.3, -0.25) is 9.67 Å². The fourth-order valence-corrected chi connectivity index (χ4v) is 3.34. The molecule has 142 valence electrons. The molecule has 6 nitrogen and oxygen atoms in total. The zero-order valence-electron chi connectivity index (χ0n) is 16.2. The molecule has 0 spiro atoms. The molecule has 0 radical (unpaired) electrons. The highest BCUT2D eigenvalue weighted by Gasteiger charge is 2.18. The smallest absolute Gasteiger partial charge is 0.0964 e. The Morgan fingerprint density at radius 3 is 2.64 bits per heavy atom. The van der Waals surface area contributed by atoms with Crippen LogP contribution in [0.2, 0.25) is 0 Å². The van der Waals surface area contributed by atoms with Crippen LogP contribution < -0.4 is 5.32 Å². The van der Waals surface area contributed by atoms with Crippen molar-refractivity contribution in [1.29, 1.82) is 0 Å². The maximum Gasteiger partial charge on any atom is 0.0964 e. The zero-order chi connectivity index (χ0) is 19.3. The number of aryl methyl sites for hydroxylation is 2. The van der Waals surface area contributed by atoms with Crippen LogP contribution in [0.5, 0.6) is 0 Å². The summed E-state index contributed by atoms with van der Waals surface area (Å²) < 4.78 is 4.18. The minimum atomic E-state index is 0.782. The molecule has 0 saturated carbocycles. The summed E-state index contributed by atoms with van der Waals surface area (Å²) in [5, 5.41) is 8.06. The molecule has 0 amide bonds. The summed E-state index contributed by atoms with van der Waals surface area (Å²) in [6.07, 6.45) is 7.65. The second kappa shape index (κ2) is 8.08. The molecule has 28 heavy (non-hydrogen) atoms. The quantitative estimate of drug-likeness (QED) is 0.527. The molecule has 0 aliphatic heterocycles. The minimum absolute atomic E-state index is 0.782. The van der Waals surface area contributed by atoms with Crippen LogP contribution in [0.4, 0.5) is 5.69 Å². The minimum Gasteiger partial charge on any atom is -0.382 e. The molecule has 0 bridgehead atoms. The molecule has 0 aliphatic carbocycles. The first-order valence-corrected chi connectivity index (χ1v) is 9.55. The predicted octanol–water partition coefficient (Wildman–Crippen LogP) is 4.25. The van der Waals surface area contributed by atoms with E-state index in [0.29, 0.717) is 0 Å². The molecule has 3 heterocycles. The average molecular weight is 372 g/mol. The van der Waals surface area contributed by atoms with Crippen molar-refractivity contribution < 1.29 is 0 Å². The Morgan fingerprint density at radius 2 is 1.93 bits per heavy atom. The van der Waals surface area contributed by atoms with Crippen LogP contribution in [0.15, 0.2) is 67.4 Å². The second-order valence-corrected chi connectivity index (χ2v) is 6.65. The van der Waals surface area contributed by atoms with Gasteiger partial charge in [-0.1, -0.05) is 30.3 Å². The lowest BCUT2D eigenvalue weighted by atomic mass is 10.1. The normalized spacial score (nSPS) is 10.9. The molecule has 4 rings (SSSR count). The van der Waals surface area contributed by atoms with E-state index in [2.05, 4.69) is 52.1 Å². The molecule has 1 aromatic carbocycles. The lowest BCUT2D eigenvalue weighted by Gasteiger charge is -2.11. The van der Waals surface area contributed by atoms with Gasteiger partial charge in [0.1, 0.15) is 0 Å². The Hall–Kier alpha value is -3.41. The average Bonchev–Trinajstić information content (AvgIpc) is 3.32. The van der Waals surface area contributed by atoms with Gasteiger partial charge in [-0.05, 0) is 26.0 Å². The zero-order valence-corrected chi connectivity index (χ0v) is 16.2. The topological polar surface area (TPSA) is 60.6 Å². The molecule has 3 aromatic heterocycles. The molecule has 0 aliphatic rings. The highest BCUT2D eigenvalue weighted by Crippen LogP contribution is 2.32. The van der Waals surface area contributed by atoms with Crippen molar-refractivity contribution in [3.63, 3.8) is 0 Å². The van der Waals surface area contributed by atoms with Crippen LogP contribution >= 0.6 is 0 Å². The fourth-order valence-electron chi connectivity index (χ4n) is 3.34. The van der Waals surface area contributed by atoms with Crippen LogP contribution in [0.25, 0.3) is 22.5 Å². The first-order valence-electron chi connectivity index (χ1n) is 9.55. The van der Waals surface area contributed by atoms with Crippen LogP contribution in [-0.4, -0.2) is 30.9 Å². The van der Waals surface area contributed by atoms with E-state index in [0.717, 1.165) is 53.5 Å². The van der Waals surface area contributed by atoms with E-state index in [9.17, 15) is 0 Å². The van der Waals surface area contributed by atoms with Crippen molar-refractivity contribution in [2.45, 2.75) is 26.9 Å². The number of nitrogens with zero attached hydrogens (tertiary/aromatic N) is 5. The standard InChI is InChI=1S/C22H24N6/c1-3-28-15-20(17(2)26-28)22-21(18-8-5-4-6-9-18)25-16-27(22)13-12-24-19-10-7-11-23-14-19/h4-11,14-16,24H,3,12-13H2,1-2H3. The molecule has 0 atom stereocenters. The molecule has 6 heteroatoms. The number of imidazole rings is 1. The van der Waals surface area contributed by atoms with Crippen LogP contribution in [-0.2, 0) is 13.1 Å². The van der Waals surface area contributed by atoms with E-state index in [4.69, 9.17) is 4.98 Å². The molecule has 0 saturated heterocycles. The van der Waals surface area contributed by atoms with Gasteiger partial charge >= 0.3 is 0 Å². The predicted molar refractivity (Wildman–Crippen MR) is 112 cm³/mol. The van der Waals surface area contributed by atoms with Gasteiger partial charge in [0.15, 0.2) is 0 Å². The van der Waals surface area contributed by atoms with Gasteiger partial charge < -0.3 is 9.88 Å². The number of hydrogen-bond donors (Lipinski definition) is 1. The van der Waals surface area contributed by atoms with E-state index in [1.165, 1.54) is 0 Å². The third-order valence-electron chi connectivity index (χ3n) is 4.75. The highest BCUT2D eigenvalue weighted by atomic mass is 15.3. The number of rotatable bonds is 7. The van der Waals surface area contributed by atoms with Gasteiger partial charge in [0.25, 0.3) is 0 Å². The largest absolute Gasteiger partial charge is 0.382 e. The summed E-state index contributed by atoms with van der Waals surface area (Å²) in [6.45, 7) is 6.58. The summed E-state index contributed by atoms with van der Waals surface area (Å²) >= 11 is 0. The Bertz CT molecular complexity index is 1030. The second-order valence-electron chi connectivity index (χ2n) is 6.65. The van der Waals surface area contributed by atoms with Crippen molar-refractivity contribution in [3.8, 4) is 22.5 Å². The molecular weight excluding hydrogens is 348 g/mol. The Balaban J connectivity index is 1.68. The maximum absolute atomic E-state index is 4.75. The maximum atomic E-state index is 4.75. The molecule has 4 aromatic rings. The van der Waals surface area contributed by atoms with Crippen molar-refractivity contribution in [1.82, 2.24) is 24.3 Å². The van der Waals surface area contributed by atoms with E-state index < -0.39 is 0 Å². The van der Waals surface area contributed by atoms with Crippen molar-refractivity contribution >= 4 is 5.69 Å². The summed E-state index contributed by atoms with van der Waals surface area (Å²) in [5.74, 6) is 0. The Labute approximate surface area is 164 Å². The van der Waals surface area contributed by atoms with Crippen LogP contribution in [0.1, 0.15) is 12.6 Å². The summed E-state index contributed by atoms with van der Waals surface area (Å²) in [7, 11) is 0. The third-order valence-corrected chi connectivity index (χ3v) is 4.75. The lowest BCUT2D eigenvalue weighted by molar-refractivity contribution is 0.653. The molecule has 0 fully saturated rings. The molecular formula is C22H24N6. The van der Waals surface area contributed by atoms with Gasteiger partial charge in [0.05, 0.1) is 29.1 Å². The van der Waals surface area contributed by atoms with Crippen LogP contribution in [0, 0.1) is 6.92 Å². The number of benzene rings is 1. The van der Waals surface area contributed by atoms with Gasteiger partial charge in [-0.2, -0.15) is 5.10 Å². The first-order chi connectivity index (χ1) is 13.8. The number of anilines is 1. The van der Waals surface area contributed by atoms with Gasteiger partial charge in [0.2, 0.25) is 0 Å². The monoisotopic (exact) mass is 372 g/mol. The number of pyridine rings is 1. The van der Waals surface area contributed by atoms with Gasteiger partial charge in [0, 0.05) is 49.4 Å². The number of hydrogen-bond acceptors (Lipinski definition) is 4. The lowest BCUT2D eigenvalue weighted by Crippen LogP contribution is -2.11. The molecule has 1 N–H and O–H groups in total. The van der Waals surface area contributed by atoms with Crippen LogP contribution in [0.3, 0.4) is 0 Å². The fraction of sp³-hybridized carbons (Fsp3) is 0.227. The number of nitrogens with one attached hydrogen (secondary N) is 1. The summed E-state index contributed by atoms with van der Waals surface area (Å²) in [5.41, 5.74) is 6.36. The van der Waals surface area contributed by atoms with E-state index in [1.807, 2.05) is 47.5 Å². The highest BCUT2D eigenvalue weighted by molar-refractivity contribution is 5.79.